The normalized spacial score (nSPS) is 14.6. The van der Waals surface area contributed by atoms with Crippen molar-refractivity contribution in [2.75, 3.05) is 18.6 Å². The largest absolute Gasteiger partial charge is 0.387 e. The maximum absolute atomic E-state index is 11.8. The van der Waals surface area contributed by atoms with E-state index in [1.54, 1.807) is 24.8 Å². The predicted molar refractivity (Wildman–Crippen MR) is 74.0 cm³/mol. The molecule has 0 aromatic carbocycles. The average molecular weight is 271 g/mol. The van der Waals surface area contributed by atoms with Gasteiger partial charge in [-0.05, 0) is 25.2 Å². The minimum Gasteiger partial charge on any atom is -0.387 e. The molecule has 0 radical (unpaired) electrons. The van der Waals surface area contributed by atoms with E-state index in [4.69, 9.17) is 0 Å². The minimum atomic E-state index is -0.897. The lowest BCUT2D eigenvalue weighted by atomic mass is 10.1. The first-order chi connectivity index (χ1) is 8.35. The molecule has 0 saturated heterocycles. The maximum atomic E-state index is 11.8. The van der Waals surface area contributed by atoms with Gasteiger partial charge in [-0.1, -0.05) is 13.8 Å². The molecule has 1 heterocycles. The summed E-state index contributed by atoms with van der Waals surface area (Å²) in [4.78, 5) is 11.8. The molecule has 0 spiro atoms. The third-order valence-corrected chi connectivity index (χ3v) is 3.45. The van der Waals surface area contributed by atoms with Gasteiger partial charge in [0.2, 0.25) is 0 Å². The van der Waals surface area contributed by atoms with E-state index in [-0.39, 0.29) is 12.5 Å². The number of aromatic amines is 1. The third kappa shape index (κ3) is 4.34. The van der Waals surface area contributed by atoms with Crippen molar-refractivity contribution in [1.82, 2.24) is 15.5 Å². The summed E-state index contributed by atoms with van der Waals surface area (Å²) >= 11 is 1.54. The van der Waals surface area contributed by atoms with Crippen LogP contribution in [0.4, 0.5) is 0 Å². The van der Waals surface area contributed by atoms with Crippen LogP contribution in [0.1, 0.15) is 42.9 Å². The highest BCUT2D eigenvalue weighted by Gasteiger charge is 2.21. The molecule has 0 saturated carbocycles. The summed E-state index contributed by atoms with van der Waals surface area (Å²) in [6, 6.07) is 1.74. The van der Waals surface area contributed by atoms with Gasteiger partial charge in [0.25, 0.3) is 5.91 Å². The van der Waals surface area contributed by atoms with Crippen molar-refractivity contribution in [3.05, 3.63) is 17.5 Å². The Morgan fingerprint density at radius 2 is 2.33 bits per heavy atom. The van der Waals surface area contributed by atoms with Gasteiger partial charge in [0.05, 0.1) is 5.60 Å². The molecular formula is C12H21N3O2S. The zero-order valence-electron chi connectivity index (χ0n) is 11.3. The highest BCUT2D eigenvalue weighted by atomic mass is 32.2. The Bertz CT molecular complexity index is 402. The molecule has 3 N–H and O–H groups in total. The van der Waals surface area contributed by atoms with Gasteiger partial charge in [0.1, 0.15) is 5.69 Å². The standard InChI is InChI=1S/C12H21N3O2S/c1-8(2)9-5-10(15-14-9)11(16)13-6-12(3,17)7-18-4/h5,8,17H,6-7H2,1-4H3,(H,13,16)(H,14,15). The van der Waals surface area contributed by atoms with Crippen molar-refractivity contribution in [3.63, 3.8) is 0 Å². The Balaban J connectivity index is 2.55. The summed E-state index contributed by atoms with van der Waals surface area (Å²) in [5.74, 6) is 0.614. The number of nitrogens with zero attached hydrogens (tertiary/aromatic N) is 1. The summed E-state index contributed by atoms with van der Waals surface area (Å²) in [5.41, 5.74) is 0.390. The van der Waals surface area contributed by atoms with Gasteiger partial charge in [0.15, 0.2) is 0 Å². The van der Waals surface area contributed by atoms with Crippen molar-refractivity contribution < 1.29 is 9.90 Å². The quantitative estimate of drug-likeness (QED) is 0.730. The molecule has 1 rings (SSSR count). The Labute approximate surface area is 112 Å². The van der Waals surface area contributed by atoms with Crippen molar-refractivity contribution in [2.24, 2.45) is 0 Å². The van der Waals surface area contributed by atoms with E-state index < -0.39 is 5.60 Å². The van der Waals surface area contributed by atoms with Crippen LogP contribution in [0.3, 0.4) is 0 Å². The van der Waals surface area contributed by atoms with Crippen LogP contribution in [-0.4, -0.2) is 45.4 Å². The number of carbonyl (C=O) groups excluding carboxylic acids is 1. The van der Waals surface area contributed by atoms with E-state index >= 15 is 0 Å². The fourth-order valence-electron chi connectivity index (χ4n) is 1.47. The lowest BCUT2D eigenvalue weighted by Gasteiger charge is -2.22. The van der Waals surface area contributed by atoms with Crippen molar-refractivity contribution in [2.45, 2.75) is 32.3 Å². The van der Waals surface area contributed by atoms with E-state index in [2.05, 4.69) is 15.5 Å². The summed E-state index contributed by atoms with van der Waals surface area (Å²) in [6.07, 6.45) is 1.92. The molecule has 1 aromatic heterocycles. The monoisotopic (exact) mass is 271 g/mol. The molecule has 6 heteroatoms. The number of carbonyl (C=O) groups is 1. The van der Waals surface area contributed by atoms with Crippen LogP contribution < -0.4 is 5.32 Å². The molecule has 5 nitrogen and oxygen atoms in total. The minimum absolute atomic E-state index is 0.219. The van der Waals surface area contributed by atoms with Crippen LogP contribution in [0.15, 0.2) is 6.07 Å². The van der Waals surface area contributed by atoms with E-state index in [0.717, 1.165) is 5.69 Å². The van der Waals surface area contributed by atoms with E-state index in [9.17, 15) is 9.90 Å². The summed E-state index contributed by atoms with van der Waals surface area (Å²) in [7, 11) is 0. The van der Waals surface area contributed by atoms with Crippen LogP contribution in [0.2, 0.25) is 0 Å². The first-order valence-electron chi connectivity index (χ1n) is 5.90. The van der Waals surface area contributed by atoms with Crippen LogP contribution >= 0.6 is 11.8 Å². The molecule has 1 atom stereocenters. The first kappa shape index (κ1) is 15.0. The SMILES string of the molecule is CSCC(C)(O)CNC(=O)c1cc(C(C)C)[nH]n1. The second-order valence-electron chi connectivity index (χ2n) is 4.98. The molecule has 1 amide bonds. The van der Waals surface area contributed by atoms with E-state index in [1.165, 1.54) is 0 Å². The number of amides is 1. The molecule has 0 aliphatic heterocycles. The van der Waals surface area contributed by atoms with Crippen LogP contribution in [-0.2, 0) is 0 Å². The molecule has 0 fully saturated rings. The number of hydrogen-bond donors (Lipinski definition) is 3. The van der Waals surface area contributed by atoms with Gasteiger partial charge >= 0.3 is 0 Å². The lowest BCUT2D eigenvalue weighted by Crippen LogP contribution is -2.42. The van der Waals surface area contributed by atoms with Gasteiger partial charge in [-0.3, -0.25) is 9.89 Å². The van der Waals surface area contributed by atoms with Crippen molar-refractivity contribution in [3.8, 4) is 0 Å². The first-order valence-corrected chi connectivity index (χ1v) is 7.30. The third-order valence-electron chi connectivity index (χ3n) is 2.54. The molecule has 0 bridgehead atoms. The van der Waals surface area contributed by atoms with Gasteiger partial charge in [-0.2, -0.15) is 16.9 Å². The van der Waals surface area contributed by atoms with Crippen LogP contribution in [0.25, 0.3) is 0 Å². The molecule has 1 aromatic rings. The number of thioether (sulfide) groups is 1. The Kier molecular flexibility index (Phi) is 5.22. The molecule has 18 heavy (non-hydrogen) atoms. The predicted octanol–water partition coefficient (Wildman–Crippen LogP) is 1.38. The number of rotatable bonds is 6. The number of aromatic nitrogens is 2. The van der Waals surface area contributed by atoms with E-state index in [1.807, 2.05) is 20.1 Å². The molecular weight excluding hydrogens is 250 g/mol. The average Bonchev–Trinajstić information content (AvgIpc) is 2.75. The van der Waals surface area contributed by atoms with Gasteiger partial charge in [0, 0.05) is 18.0 Å². The number of aliphatic hydroxyl groups is 1. The fourth-order valence-corrected chi connectivity index (χ4v) is 2.20. The van der Waals surface area contributed by atoms with Gasteiger partial charge < -0.3 is 10.4 Å². The number of H-pyrrole nitrogens is 1. The summed E-state index contributed by atoms with van der Waals surface area (Å²) in [5, 5.41) is 19.4. The molecule has 0 aliphatic rings. The second-order valence-corrected chi connectivity index (χ2v) is 5.84. The zero-order chi connectivity index (χ0) is 13.8. The molecule has 0 aliphatic carbocycles. The van der Waals surface area contributed by atoms with E-state index in [0.29, 0.717) is 17.4 Å². The summed E-state index contributed by atoms with van der Waals surface area (Å²) in [6.45, 7) is 5.97. The number of hydrogen-bond acceptors (Lipinski definition) is 4. The van der Waals surface area contributed by atoms with Crippen LogP contribution in [0, 0.1) is 0 Å². The Morgan fingerprint density at radius 1 is 1.67 bits per heavy atom. The Morgan fingerprint density at radius 3 is 2.83 bits per heavy atom. The Hall–Kier alpha value is -1.01. The fraction of sp³-hybridized carbons (Fsp3) is 0.667. The smallest absolute Gasteiger partial charge is 0.271 e. The van der Waals surface area contributed by atoms with Gasteiger partial charge in [-0.15, -0.1) is 0 Å². The highest BCUT2D eigenvalue weighted by Crippen LogP contribution is 2.12. The highest BCUT2D eigenvalue weighted by molar-refractivity contribution is 7.98. The maximum Gasteiger partial charge on any atom is 0.271 e. The number of nitrogens with one attached hydrogen (secondary N) is 2. The van der Waals surface area contributed by atoms with Crippen molar-refractivity contribution >= 4 is 17.7 Å². The van der Waals surface area contributed by atoms with Crippen molar-refractivity contribution in [1.29, 1.82) is 0 Å². The summed E-state index contributed by atoms with van der Waals surface area (Å²) < 4.78 is 0. The molecule has 102 valence electrons. The van der Waals surface area contributed by atoms with Gasteiger partial charge in [-0.25, -0.2) is 0 Å². The topological polar surface area (TPSA) is 78.0 Å². The molecule has 1 unspecified atom stereocenters. The lowest BCUT2D eigenvalue weighted by molar-refractivity contribution is 0.0722. The second kappa shape index (κ2) is 6.24. The van der Waals surface area contributed by atoms with Crippen LogP contribution in [0.5, 0.6) is 0 Å². The zero-order valence-corrected chi connectivity index (χ0v) is 12.1.